The van der Waals surface area contributed by atoms with Gasteiger partial charge in [0.1, 0.15) is 5.75 Å². The number of aromatic nitrogens is 4. The number of hydrogen-bond donors (Lipinski definition) is 1. The Balaban J connectivity index is 1.79. The van der Waals surface area contributed by atoms with E-state index in [1.54, 1.807) is 7.05 Å². The predicted octanol–water partition coefficient (Wildman–Crippen LogP) is 0.646. The van der Waals surface area contributed by atoms with E-state index in [2.05, 4.69) is 21.5 Å². The fourth-order valence-electron chi connectivity index (χ4n) is 2.57. The number of aryl methyl sites for hydroxylation is 1. The van der Waals surface area contributed by atoms with Gasteiger partial charge in [0.2, 0.25) is 0 Å². The van der Waals surface area contributed by atoms with Crippen LogP contribution >= 0.6 is 0 Å². The zero-order valence-corrected chi connectivity index (χ0v) is 10.9. The van der Waals surface area contributed by atoms with Crippen molar-refractivity contribution in [2.75, 3.05) is 6.61 Å². The van der Waals surface area contributed by atoms with E-state index >= 15 is 0 Å². The van der Waals surface area contributed by atoms with Crippen LogP contribution in [0.25, 0.3) is 0 Å². The number of benzene rings is 1. The fourth-order valence-corrected chi connectivity index (χ4v) is 2.57. The first-order valence-electron chi connectivity index (χ1n) is 6.44. The van der Waals surface area contributed by atoms with Crippen LogP contribution in [0.3, 0.4) is 0 Å². The zero-order valence-electron chi connectivity index (χ0n) is 10.9. The lowest BCUT2D eigenvalue weighted by Gasteiger charge is -2.29. The second-order valence-corrected chi connectivity index (χ2v) is 4.84. The highest BCUT2D eigenvalue weighted by Gasteiger charge is 2.27. The Labute approximate surface area is 111 Å². The molecule has 2 heterocycles. The number of para-hydroxylation sites is 1. The van der Waals surface area contributed by atoms with E-state index in [9.17, 15) is 0 Å². The van der Waals surface area contributed by atoms with Crippen LogP contribution in [0.4, 0.5) is 0 Å². The number of rotatable bonds is 3. The molecule has 2 unspecified atom stereocenters. The predicted molar refractivity (Wildman–Crippen MR) is 69.8 cm³/mol. The molecule has 0 aliphatic carbocycles. The highest BCUT2D eigenvalue weighted by molar-refractivity contribution is 5.38. The summed E-state index contributed by atoms with van der Waals surface area (Å²) in [5.74, 6) is 1.93. The minimum atomic E-state index is -0.0192. The minimum Gasteiger partial charge on any atom is -0.493 e. The molecule has 3 rings (SSSR count). The largest absolute Gasteiger partial charge is 0.493 e. The number of fused-ring (bicyclic) bond motifs is 1. The third-order valence-electron chi connectivity index (χ3n) is 3.49. The number of nitrogens with zero attached hydrogens (tertiary/aromatic N) is 4. The van der Waals surface area contributed by atoms with E-state index in [1.165, 1.54) is 10.4 Å². The summed E-state index contributed by atoms with van der Waals surface area (Å²) >= 11 is 0. The molecule has 0 amide bonds. The quantitative estimate of drug-likeness (QED) is 0.875. The van der Waals surface area contributed by atoms with Gasteiger partial charge in [0, 0.05) is 18.4 Å². The van der Waals surface area contributed by atoms with Gasteiger partial charge in [-0.3, -0.25) is 0 Å². The van der Waals surface area contributed by atoms with Crippen LogP contribution in [0.2, 0.25) is 0 Å². The molecule has 19 heavy (non-hydrogen) atoms. The number of ether oxygens (including phenoxy) is 1. The minimum absolute atomic E-state index is 0.0192. The molecule has 2 N–H and O–H groups in total. The fraction of sp³-hybridized carbons (Fsp3) is 0.462. The number of tetrazole rings is 1. The van der Waals surface area contributed by atoms with Gasteiger partial charge in [0.15, 0.2) is 5.82 Å². The first-order chi connectivity index (χ1) is 9.24. The maximum absolute atomic E-state index is 6.33. The van der Waals surface area contributed by atoms with Crippen LogP contribution in [0.5, 0.6) is 5.75 Å². The summed E-state index contributed by atoms with van der Waals surface area (Å²) in [6, 6.07) is 8.07. The van der Waals surface area contributed by atoms with Gasteiger partial charge in [0.25, 0.3) is 0 Å². The van der Waals surface area contributed by atoms with E-state index in [-0.39, 0.29) is 12.0 Å². The van der Waals surface area contributed by atoms with Crippen LogP contribution in [-0.2, 0) is 13.5 Å². The van der Waals surface area contributed by atoms with Gasteiger partial charge in [-0.2, -0.15) is 4.80 Å². The molecule has 6 nitrogen and oxygen atoms in total. The second kappa shape index (κ2) is 4.97. The third-order valence-corrected chi connectivity index (χ3v) is 3.49. The maximum Gasteiger partial charge on any atom is 0.176 e. The topological polar surface area (TPSA) is 78.9 Å². The van der Waals surface area contributed by atoms with E-state index in [4.69, 9.17) is 10.5 Å². The van der Waals surface area contributed by atoms with Gasteiger partial charge >= 0.3 is 0 Å². The van der Waals surface area contributed by atoms with Gasteiger partial charge in [-0.1, -0.05) is 18.2 Å². The molecule has 0 bridgehead atoms. The monoisotopic (exact) mass is 259 g/mol. The summed E-state index contributed by atoms with van der Waals surface area (Å²) in [5, 5.41) is 12.0. The van der Waals surface area contributed by atoms with E-state index < -0.39 is 0 Å². The average Bonchev–Trinajstić information content (AvgIpc) is 2.83. The zero-order chi connectivity index (χ0) is 13.2. The Morgan fingerprint density at radius 3 is 3.11 bits per heavy atom. The Kier molecular flexibility index (Phi) is 3.16. The van der Waals surface area contributed by atoms with Gasteiger partial charge in [0.05, 0.1) is 13.7 Å². The lowest BCUT2D eigenvalue weighted by molar-refractivity contribution is 0.254. The maximum atomic E-state index is 6.33. The van der Waals surface area contributed by atoms with Crippen molar-refractivity contribution in [3.63, 3.8) is 0 Å². The lowest BCUT2D eigenvalue weighted by atomic mass is 9.85. The van der Waals surface area contributed by atoms with Gasteiger partial charge in [-0.25, -0.2) is 0 Å². The van der Waals surface area contributed by atoms with Crippen LogP contribution in [0, 0.1) is 0 Å². The molecule has 0 spiro atoms. The molecule has 1 aromatic carbocycles. The normalized spacial score (nSPS) is 19.6. The lowest BCUT2D eigenvalue weighted by Crippen LogP contribution is -2.34. The molecule has 0 radical (unpaired) electrons. The molecule has 6 heteroatoms. The molecule has 0 fully saturated rings. The molecule has 2 aromatic rings. The first-order valence-corrected chi connectivity index (χ1v) is 6.44. The van der Waals surface area contributed by atoms with Crippen molar-refractivity contribution < 1.29 is 4.74 Å². The average molecular weight is 259 g/mol. The molecule has 1 aromatic heterocycles. The molecule has 100 valence electrons. The Hall–Kier alpha value is -1.95. The molecule has 0 saturated carbocycles. The molecule has 2 atom stereocenters. The Morgan fingerprint density at radius 2 is 2.32 bits per heavy atom. The standard InChI is InChI=1S/C13H17N5O/c1-18-16-13(15-17-18)8-11(14)9-6-7-19-12-5-3-2-4-10(9)12/h2-5,9,11H,6-8,14H2,1H3. The third kappa shape index (κ3) is 2.44. The summed E-state index contributed by atoms with van der Waals surface area (Å²) in [6.45, 7) is 0.712. The van der Waals surface area contributed by atoms with Gasteiger partial charge < -0.3 is 10.5 Å². The highest BCUT2D eigenvalue weighted by Crippen LogP contribution is 2.35. The molecular formula is C13H17N5O. The van der Waals surface area contributed by atoms with Crippen molar-refractivity contribution in [1.29, 1.82) is 0 Å². The van der Waals surface area contributed by atoms with E-state index in [0.717, 1.165) is 12.2 Å². The summed E-state index contributed by atoms with van der Waals surface area (Å²) in [7, 11) is 1.76. The number of nitrogens with two attached hydrogens (primary N) is 1. The summed E-state index contributed by atoms with van der Waals surface area (Å²) in [6.07, 6.45) is 1.56. The summed E-state index contributed by atoms with van der Waals surface area (Å²) in [4.78, 5) is 1.46. The highest BCUT2D eigenvalue weighted by atomic mass is 16.5. The molecule has 1 aliphatic rings. The van der Waals surface area contributed by atoms with Crippen LogP contribution in [0.1, 0.15) is 23.7 Å². The van der Waals surface area contributed by atoms with E-state index in [1.807, 2.05) is 18.2 Å². The molecule has 1 aliphatic heterocycles. The van der Waals surface area contributed by atoms with Gasteiger partial charge in [-0.15, -0.1) is 10.2 Å². The van der Waals surface area contributed by atoms with Crippen molar-refractivity contribution in [1.82, 2.24) is 20.2 Å². The Bertz CT molecular complexity index is 568. The van der Waals surface area contributed by atoms with Crippen LogP contribution in [-0.4, -0.2) is 32.9 Å². The smallest absolute Gasteiger partial charge is 0.176 e. The summed E-state index contributed by atoms with van der Waals surface area (Å²) in [5.41, 5.74) is 7.52. The first kappa shape index (κ1) is 12.1. The van der Waals surface area contributed by atoms with E-state index in [0.29, 0.717) is 18.9 Å². The molecular weight excluding hydrogens is 242 g/mol. The Morgan fingerprint density at radius 1 is 1.47 bits per heavy atom. The van der Waals surface area contributed by atoms with Crippen LogP contribution < -0.4 is 10.5 Å². The van der Waals surface area contributed by atoms with Crippen molar-refractivity contribution in [3.8, 4) is 5.75 Å². The van der Waals surface area contributed by atoms with Crippen molar-refractivity contribution in [3.05, 3.63) is 35.7 Å². The van der Waals surface area contributed by atoms with Gasteiger partial charge in [-0.05, 0) is 23.3 Å². The van der Waals surface area contributed by atoms with Crippen LogP contribution in [0.15, 0.2) is 24.3 Å². The van der Waals surface area contributed by atoms with Crippen molar-refractivity contribution >= 4 is 0 Å². The summed E-state index contributed by atoms with van der Waals surface area (Å²) < 4.78 is 5.65. The van der Waals surface area contributed by atoms with Crippen molar-refractivity contribution in [2.45, 2.75) is 24.8 Å². The SMILES string of the molecule is Cn1nnc(CC(N)C2CCOc3ccccc32)n1. The molecule has 0 saturated heterocycles. The second-order valence-electron chi connectivity index (χ2n) is 4.84. The van der Waals surface area contributed by atoms with Crippen molar-refractivity contribution in [2.24, 2.45) is 12.8 Å². The number of hydrogen-bond acceptors (Lipinski definition) is 5.